The van der Waals surface area contributed by atoms with Crippen LogP contribution in [-0.4, -0.2) is 38.8 Å². The van der Waals surface area contributed by atoms with E-state index >= 15 is 0 Å². The van der Waals surface area contributed by atoms with Crippen LogP contribution in [0.4, 0.5) is 5.69 Å². The van der Waals surface area contributed by atoms with Gasteiger partial charge in [-0.25, -0.2) is 8.42 Å². The number of nitrogens with one attached hydrogen (secondary N) is 1. The first-order valence-electron chi connectivity index (χ1n) is 8.00. The van der Waals surface area contributed by atoms with Gasteiger partial charge >= 0.3 is 0 Å². The average molecular weight is 397 g/mol. The molecule has 0 saturated carbocycles. The Labute approximate surface area is 158 Å². The molecule has 0 atom stereocenters. The number of sulfonamides is 1. The zero-order valence-electron chi connectivity index (χ0n) is 14.8. The Morgan fingerprint density at radius 2 is 1.85 bits per heavy atom. The van der Waals surface area contributed by atoms with Gasteiger partial charge in [-0.2, -0.15) is 4.31 Å². The summed E-state index contributed by atoms with van der Waals surface area (Å²) in [4.78, 5) is 12.3. The lowest BCUT2D eigenvalue weighted by atomic mass is 10.2. The third kappa shape index (κ3) is 4.75. The van der Waals surface area contributed by atoms with Crippen LogP contribution in [0.5, 0.6) is 5.75 Å². The van der Waals surface area contributed by atoms with Crippen molar-refractivity contribution in [2.45, 2.75) is 18.7 Å². The van der Waals surface area contributed by atoms with E-state index in [1.54, 1.807) is 37.3 Å². The highest BCUT2D eigenvalue weighted by Gasteiger charge is 2.23. The van der Waals surface area contributed by atoms with Crippen LogP contribution in [0.15, 0.2) is 47.4 Å². The summed E-state index contributed by atoms with van der Waals surface area (Å²) < 4.78 is 31.5. The number of hydrogen-bond acceptors (Lipinski definition) is 4. The molecule has 0 spiro atoms. The first kappa shape index (κ1) is 20.2. The van der Waals surface area contributed by atoms with E-state index in [0.717, 1.165) is 9.87 Å². The molecule has 0 unspecified atom stereocenters. The van der Waals surface area contributed by atoms with Crippen molar-refractivity contribution in [1.29, 1.82) is 0 Å². The molecule has 0 aliphatic heterocycles. The lowest BCUT2D eigenvalue weighted by Crippen LogP contribution is -2.35. The standard InChI is InChI=1S/C18H21ClN2O4S/c1-4-25-14-8-10-15(11-9-14)26(23,24)21(3)12-18(22)20-17-7-5-6-16(19)13(17)2/h5-11H,4,12H2,1-3H3,(H,20,22). The van der Waals surface area contributed by atoms with Gasteiger partial charge in [-0.3, -0.25) is 4.79 Å². The minimum absolute atomic E-state index is 0.0928. The summed E-state index contributed by atoms with van der Waals surface area (Å²) in [6.07, 6.45) is 0. The Kier molecular flexibility index (Phi) is 6.63. The lowest BCUT2D eigenvalue weighted by molar-refractivity contribution is -0.116. The van der Waals surface area contributed by atoms with E-state index in [-0.39, 0.29) is 11.4 Å². The molecule has 6 nitrogen and oxygen atoms in total. The molecule has 0 aromatic heterocycles. The van der Waals surface area contributed by atoms with Gasteiger partial charge in [-0.15, -0.1) is 0 Å². The van der Waals surface area contributed by atoms with Crippen molar-refractivity contribution in [2.75, 3.05) is 25.5 Å². The fourth-order valence-corrected chi connectivity index (χ4v) is 3.58. The van der Waals surface area contributed by atoms with Gasteiger partial charge < -0.3 is 10.1 Å². The van der Waals surface area contributed by atoms with Crippen LogP contribution in [0.2, 0.25) is 5.02 Å². The van der Waals surface area contributed by atoms with E-state index in [9.17, 15) is 13.2 Å². The van der Waals surface area contributed by atoms with Crippen LogP contribution < -0.4 is 10.1 Å². The number of carbonyl (C=O) groups excluding carboxylic acids is 1. The zero-order valence-corrected chi connectivity index (χ0v) is 16.4. The number of benzene rings is 2. The SMILES string of the molecule is CCOc1ccc(S(=O)(=O)N(C)CC(=O)Nc2cccc(Cl)c2C)cc1. The molecule has 0 heterocycles. The molecule has 0 radical (unpaired) electrons. The number of anilines is 1. The zero-order chi connectivity index (χ0) is 19.3. The summed E-state index contributed by atoms with van der Waals surface area (Å²) in [6.45, 7) is 3.80. The third-order valence-electron chi connectivity index (χ3n) is 3.75. The number of carbonyl (C=O) groups is 1. The van der Waals surface area contributed by atoms with Gasteiger partial charge in [-0.1, -0.05) is 17.7 Å². The number of hydrogen-bond donors (Lipinski definition) is 1. The molecule has 0 saturated heterocycles. The molecule has 2 rings (SSSR count). The predicted octanol–water partition coefficient (Wildman–Crippen LogP) is 3.31. The average Bonchev–Trinajstić information content (AvgIpc) is 2.59. The van der Waals surface area contributed by atoms with Gasteiger partial charge in [0.05, 0.1) is 18.0 Å². The Morgan fingerprint density at radius 1 is 1.19 bits per heavy atom. The second-order valence-electron chi connectivity index (χ2n) is 5.63. The van der Waals surface area contributed by atoms with Gasteiger partial charge in [0.25, 0.3) is 0 Å². The highest BCUT2D eigenvalue weighted by Crippen LogP contribution is 2.23. The first-order chi connectivity index (χ1) is 12.3. The maximum absolute atomic E-state index is 12.6. The summed E-state index contributed by atoms with van der Waals surface area (Å²) in [5.41, 5.74) is 1.27. The molecule has 0 bridgehead atoms. The monoisotopic (exact) mass is 396 g/mol. The van der Waals surface area contributed by atoms with Gasteiger partial charge in [0.1, 0.15) is 5.75 Å². The molecule has 0 aliphatic carbocycles. The van der Waals surface area contributed by atoms with Crippen LogP contribution >= 0.6 is 11.6 Å². The normalized spacial score (nSPS) is 11.4. The molecular formula is C18H21ClN2O4S. The van der Waals surface area contributed by atoms with Crippen molar-refractivity contribution in [3.63, 3.8) is 0 Å². The molecule has 2 aromatic rings. The summed E-state index contributed by atoms with van der Waals surface area (Å²) in [7, 11) is -2.43. The van der Waals surface area contributed by atoms with Crippen molar-refractivity contribution >= 4 is 33.2 Å². The molecule has 0 fully saturated rings. The summed E-state index contributed by atoms with van der Waals surface area (Å²) in [5.74, 6) is 0.135. The maximum atomic E-state index is 12.6. The van der Waals surface area contributed by atoms with Gasteiger partial charge in [0.15, 0.2) is 0 Å². The molecule has 0 aliphatic rings. The Hall–Kier alpha value is -2.09. The van der Waals surface area contributed by atoms with Crippen molar-refractivity contribution in [3.05, 3.63) is 53.1 Å². The van der Waals surface area contributed by atoms with Crippen LogP contribution in [-0.2, 0) is 14.8 Å². The molecule has 2 aromatic carbocycles. The van der Waals surface area contributed by atoms with Crippen LogP contribution in [0.3, 0.4) is 0 Å². The fourth-order valence-electron chi connectivity index (χ4n) is 2.27. The van der Waals surface area contributed by atoms with E-state index in [1.807, 2.05) is 6.92 Å². The second-order valence-corrected chi connectivity index (χ2v) is 8.08. The molecule has 1 amide bonds. The Balaban J connectivity index is 2.08. The summed E-state index contributed by atoms with van der Waals surface area (Å²) in [5, 5.41) is 3.21. The quantitative estimate of drug-likeness (QED) is 0.779. The van der Waals surface area contributed by atoms with E-state index < -0.39 is 15.9 Å². The van der Waals surface area contributed by atoms with Crippen molar-refractivity contribution in [1.82, 2.24) is 4.31 Å². The predicted molar refractivity (Wildman–Crippen MR) is 102 cm³/mol. The van der Waals surface area contributed by atoms with Crippen LogP contribution in [0.25, 0.3) is 0 Å². The van der Waals surface area contributed by atoms with Crippen LogP contribution in [0, 0.1) is 6.92 Å². The van der Waals surface area contributed by atoms with Gasteiger partial charge in [-0.05, 0) is 55.8 Å². The maximum Gasteiger partial charge on any atom is 0.243 e. The van der Waals surface area contributed by atoms with E-state index in [0.29, 0.717) is 23.1 Å². The molecule has 26 heavy (non-hydrogen) atoms. The van der Waals surface area contributed by atoms with E-state index in [4.69, 9.17) is 16.3 Å². The second kappa shape index (κ2) is 8.53. The topological polar surface area (TPSA) is 75.7 Å². The highest BCUT2D eigenvalue weighted by molar-refractivity contribution is 7.89. The number of amides is 1. The first-order valence-corrected chi connectivity index (χ1v) is 9.81. The molecular weight excluding hydrogens is 376 g/mol. The summed E-state index contributed by atoms with van der Waals surface area (Å²) >= 11 is 6.02. The lowest BCUT2D eigenvalue weighted by Gasteiger charge is -2.18. The number of ether oxygens (including phenoxy) is 1. The molecule has 8 heteroatoms. The highest BCUT2D eigenvalue weighted by atomic mass is 35.5. The van der Waals surface area contributed by atoms with Crippen LogP contribution in [0.1, 0.15) is 12.5 Å². The minimum atomic E-state index is -3.79. The Morgan fingerprint density at radius 3 is 2.46 bits per heavy atom. The summed E-state index contributed by atoms with van der Waals surface area (Å²) in [6, 6.07) is 11.2. The molecule has 1 N–H and O–H groups in total. The Bertz CT molecular complexity index is 883. The number of likely N-dealkylation sites (N-methyl/N-ethyl adjacent to an activating group) is 1. The number of rotatable bonds is 7. The number of halogens is 1. The smallest absolute Gasteiger partial charge is 0.243 e. The van der Waals surface area contributed by atoms with Gasteiger partial charge in [0, 0.05) is 17.8 Å². The van der Waals surface area contributed by atoms with Crippen molar-refractivity contribution < 1.29 is 17.9 Å². The molecule has 140 valence electrons. The largest absolute Gasteiger partial charge is 0.494 e. The van der Waals surface area contributed by atoms with Crippen molar-refractivity contribution in [3.8, 4) is 5.75 Å². The van der Waals surface area contributed by atoms with Crippen molar-refractivity contribution in [2.24, 2.45) is 0 Å². The fraction of sp³-hybridized carbons (Fsp3) is 0.278. The minimum Gasteiger partial charge on any atom is -0.494 e. The van der Waals surface area contributed by atoms with E-state index in [2.05, 4.69) is 5.32 Å². The third-order valence-corrected chi connectivity index (χ3v) is 5.98. The van der Waals surface area contributed by atoms with E-state index in [1.165, 1.54) is 19.2 Å². The van der Waals surface area contributed by atoms with Gasteiger partial charge in [0.2, 0.25) is 15.9 Å². The number of nitrogens with zero attached hydrogens (tertiary/aromatic N) is 1.